The molecule has 1 N–H and O–H groups in total. The number of nitrogens with zero attached hydrogens (tertiary/aromatic N) is 4. The molecule has 128 valence electrons. The molecule has 0 radical (unpaired) electrons. The van der Waals surface area contributed by atoms with Crippen LogP contribution in [0.2, 0.25) is 0 Å². The second-order valence-corrected chi connectivity index (χ2v) is 6.95. The second-order valence-electron chi connectivity index (χ2n) is 6.95. The highest BCUT2D eigenvalue weighted by molar-refractivity contribution is 5.75. The van der Waals surface area contributed by atoms with Gasteiger partial charge in [0.15, 0.2) is 0 Å². The van der Waals surface area contributed by atoms with Gasteiger partial charge in [0, 0.05) is 11.6 Å². The number of hydrogen-bond acceptors (Lipinski definition) is 4. The maximum atomic E-state index is 12.3. The van der Waals surface area contributed by atoms with Gasteiger partial charge in [0.2, 0.25) is 11.7 Å². The first kappa shape index (κ1) is 16.6. The van der Waals surface area contributed by atoms with Crippen LogP contribution in [0.1, 0.15) is 38.7 Å². The van der Waals surface area contributed by atoms with Crippen molar-refractivity contribution in [1.29, 1.82) is 0 Å². The number of benzene rings is 1. The standard InChI is InChI=1S/C18H25N5O/c1-12-7-9-15(10-8-12)18-20-22-23(21-18)11-17(24)19-16-6-4-5-13(2)14(16)3/h7-10,13-14,16H,4-6,11H2,1-3H3,(H,19,24). The molecule has 24 heavy (non-hydrogen) atoms. The predicted molar refractivity (Wildman–Crippen MR) is 92.1 cm³/mol. The first-order valence-corrected chi connectivity index (χ1v) is 8.67. The normalized spacial score (nSPS) is 23.9. The third-order valence-electron chi connectivity index (χ3n) is 5.10. The number of rotatable bonds is 4. The summed E-state index contributed by atoms with van der Waals surface area (Å²) < 4.78 is 0. The van der Waals surface area contributed by atoms with E-state index in [4.69, 9.17) is 0 Å². The summed E-state index contributed by atoms with van der Waals surface area (Å²) in [6.45, 7) is 6.62. The van der Waals surface area contributed by atoms with Crippen LogP contribution in [-0.4, -0.2) is 32.2 Å². The summed E-state index contributed by atoms with van der Waals surface area (Å²) in [6.07, 6.45) is 3.48. The van der Waals surface area contributed by atoms with E-state index in [-0.39, 0.29) is 18.5 Å². The molecule has 1 amide bonds. The van der Waals surface area contributed by atoms with Crippen LogP contribution in [0, 0.1) is 18.8 Å². The Morgan fingerprint density at radius 1 is 1.25 bits per heavy atom. The first-order valence-electron chi connectivity index (χ1n) is 8.67. The molecule has 1 aromatic carbocycles. The molecule has 0 spiro atoms. The molecule has 1 heterocycles. The molecule has 3 atom stereocenters. The van der Waals surface area contributed by atoms with Crippen molar-refractivity contribution in [2.45, 2.75) is 52.6 Å². The van der Waals surface area contributed by atoms with Gasteiger partial charge in [-0.2, -0.15) is 4.80 Å². The lowest BCUT2D eigenvalue weighted by Crippen LogP contribution is -2.45. The summed E-state index contributed by atoms with van der Waals surface area (Å²) in [7, 11) is 0. The molecule has 2 aromatic rings. The quantitative estimate of drug-likeness (QED) is 0.937. The Hall–Kier alpha value is -2.24. The van der Waals surface area contributed by atoms with E-state index in [1.165, 1.54) is 23.2 Å². The van der Waals surface area contributed by atoms with Crippen LogP contribution < -0.4 is 5.32 Å². The molecule has 0 saturated heterocycles. The fourth-order valence-electron chi connectivity index (χ4n) is 3.29. The molecule has 0 bridgehead atoms. The van der Waals surface area contributed by atoms with Crippen molar-refractivity contribution in [1.82, 2.24) is 25.5 Å². The number of nitrogens with one attached hydrogen (secondary N) is 1. The van der Waals surface area contributed by atoms with Gasteiger partial charge in [0.25, 0.3) is 0 Å². The fourth-order valence-corrected chi connectivity index (χ4v) is 3.29. The van der Waals surface area contributed by atoms with Crippen molar-refractivity contribution in [3.63, 3.8) is 0 Å². The van der Waals surface area contributed by atoms with Gasteiger partial charge in [-0.3, -0.25) is 4.79 Å². The molecule has 3 rings (SSSR count). The fraction of sp³-hybridized carbons (Fsp3) is 0.556. The minimum Gasteiger partial charge on any atom is -0.351 e. The lowest BCUT2D eigenvalue weighted by molar-refractivity contribution is -0.123. The van der Waals surface area contributed by atoms with Gasteiger partial charge in [-0.1, -0.05) is 56.5 Å². The number of amides is 1. The smallest absolute Gasteiger partial charge is 0.243 e. The Morgan fingerprint density at radius 2 is 2.00 bits per heavy atom. The van der Waals surface area contributed by atoms with Gasteiger partial charge in [0.1, 0.15) is 6.54 Å². The highest BCUT2D eigenvalue weighted by Gasteiger charge is 2.28. The minimum absolute atomic E-state index is 0.0474. The van der Waals surface area contributed by atoms with E-state index < -0.39 is 0 Å². The number of hydrogen-bond donors (Lipinski definition) is 1. The van der Waals surface area contributed by atoms with Crippen LogP contribution in [0.4, 0.5) is 0 Å². The average Bonchev–Trinajstić information content (AvgIpc) is 3.01. The maximum Gasteiger partial charge on any atom is 0.243 e. The summed E-state index contributed by atoms with van der Waals surface area (Å²) in [5.41, 5.74) is 2.09. The summed E-state index contributed by atoms with van der Waals surface area (Å²) >= 11 is 0. The Balaban J connectivity index is 1.60. The zero-order chi connectivity index (χ0) is 17.1. The van der Waals surface area contributed by atoms with Crippen LogP contribution in [0.3, 0.4) is 0 Å². The van der Waals surface area contributed by atoms with Gasteiger partial charge >= 0.3 is 0 Å². The van der Waals surface area contributed by atoms with Crippen molar-refractivity contribution in [3.05, 3.63) is 29.8 Å². The van der Waals surface area contributed by atoms with E-state index in [0.29, 0.717) is 17.7 Å². The third-order valence-corrected chi connectivity index (χ3v) is 5.10. The maximum absolute atomic E-state index is 12.3. The van der Waals surface area contributed by atoms with Crippen LogP contribution in [0.25, 0.3) is 11.4 Å². The van der Waals surface area contributed by atoms with E-state index in [2.05, 4.69) is 34.6 Å². The van der Waals surface area contributed by atoms with E-state index in [0.717, 1.165) is 12.0 Å². The molecule has 1 fully saturated rings. The SMILES string of the molecule is Cc1ccc(-c2nnn(CC(=O)NC3CCCC(C)C3C)n2)cc1. The number of carbonyl (C=O) groups excluding carboxylic acids is 1. The van der Waals surface area contributed by atoms with Crippen molar-refractivity contribution < 1.29 is 4.79 Å². The second kappa shape index (κ2) is 7.11. The predicted octanol–water partition coefficient (Wildman–Crippen LogP) is 2.59. The molecule has 6 heteroatoms. The summed E-state index contributed by atoms with van der Waals surface area (Å²) in [5, 5.41) is 15.5. The van der Waals surface area contributed by atoms with Crippen molar-refractivity contribution >= 4 is 5.91 Å². The van der Waals surface area contributed by atoms with Crippen LogP contribution in [0.15, 0.2) is 24.3 Å². The highest BCUT2D eigenvalue weighted by Crippen LogP contribution is 2.29. The van der Waals surface area contributed by atoms with Crippen LogP contribution in [-0.2, 0) is 11.3 Å². The molecule has 6 nitrogen and oxygen atoms in total. The molecule has 3 unspecified atom stereocenters. The molecule has 1 saturated carbocycles. The minimum atomic E-state index is -0.0474. The Bertz CT molecular complexity index is 694. The summed E-state index contributed by atoms with van der Waals surface area (Å²) in [4.78, 5) is 13.6. The number of tetrazole rings is 1. The Labute approximate surface area is 142 Å². The van der Waals surface area contributed by atoms with E-state index in [9.17, 15) is 4.79 Å². The molecule has 1 aliphatic carbocycles. The lowest BCUT2D eigenvalue weighted by atomic mass is 9.78. The topological polar surface area (TPSA) is 72.7 Å². The van der Waals surface area contributed by atoms with Gasteiger partial charge in [-0.05, 0) is 30.4 Å². The van der Waals surface area contributed by atoms with Gasteiger partial charge < -0.3 is 5.32 Å². The van der Waals surface area contributed by atoms with E-state index in [1.54, 1.807) is 0 Å². The largest absolute Gasteiger partial charge is 0.351 e. The van der Waals surface area contributed by atoms with Crippen molar-refractivity contribution in [3.8, 4) is 11.4 Å². The van der Waals surface area contributed by atoms with Gasteiger partial charge in [-0.25, -0.2) is 0 Å². The average molecular weight is 327 g/mol. The molecule has 1 aliphatic rings. The van der Waals surface area contributed by atoms with Crippen LogP contribution >= 0.6 is 0 Å². The van der Waals surface area contributed by atoms with Gasteiger partial charge in [-0.15, -0.1) is 10.2 Å². The monoisotopic (exact) mass is 327 g/mol. The summed E-state index contributed by atoms with van der Waals surface area (Å²) in [6, 6.07) is 8.19. The van der Waals surface area contributed by atoms with Crippen molar-refractivity contribution in [2.24, 2.45) is 11.8 Å². The zero-order valence-corrected chi connectivity index (χ0v) is 14.6. The highest BCUT2D eigenvalue weighted by atomic mass is 16.2. The molecular formula is C18H25N5O. The number of aryl methyl sites for hydroxylation is 1. The van der Waals surface area contributed by atoms with Crippen LogP contribution in [0.5, 0.6) is 0 Å². The molecule has 1 aromatic heterocycles. The molecular weight excluding hydrogens is 302 g/mol. The summed E-state index contributed by atoms with van der Waals surface area (Å²) in [5.74, 6) is 1.66. The number of carbonyl (C=O) groups is 1. The van der Waals surface area contributed by atoms with E-state index in [1.807, 2.05) is 31.2 Å². The third kappa shape index (κ3) is 3.80. The Kier molecular flexibility index (Phi) is 4.92. The Morgan fingerprint density at radius 3 is 2.75 bits per heavy atom. The zero-order valence-electron chi connectivity index (χ0n) is 14.6. The molecule has 0 aliphatic heterocycles. The number of aromatic nitrogens is 4. The van der Waals surface area contributed by atoms with Crippen molar-refractivity contribution in [2.75, 3.05) is 0 Å². The van der Waals surface area contributed by atoms with Gasteiger partial charge in [0.05, 0.1) is 0 Å². The lowest BCUT2D eigenvalue weighted by Gasteiger charge is -2.34. The van der Waals surface area contributed by atoms with E-state index >= 15 is 0 Å². The first-order chi connectivity index (χ1) is 11.5.